The van der Waals surface area contributed by atoms with Gasteiger partial charge < -0.3 is 9.47 Å². The molecule has 0 radical (unpaired) electrons. The summed E-state index contributed by atoms with van der Waals surface area (Å²) in [5.41, 5.74) is 2.40. The van der Waals surface area contributed by atoms with Crippen molar-refractivity contribution in [2.24, 2.45) is 0 Å². The third kappa shape index (κ3) is 4.37. The largest absolute Gasteiger partial charge is 0.489 e. The van der Waals surface area contributed by atoms with Crippen molar-refractivity contribution in [1.29, 1.82) is 0 Å². The van der Waals surface area contributed by atoms with Crippen LogP contribution in [0.25, 0.3) is 0 Å². The van der Waals surface area contributed by atoms with Crippen LogP contribution in [0.5, 0.6) is 5.75 Å². The fourth-order valence-electron chi connectivity index (χ4n) is 1.75. The third-order valence-corrected chi connectivity index (χ3v) is 3.64. The van der Waals surface area contributed by atoms with Crippen LogP contribution in [0.1, 0.15) is 11.1 Å². The Kier molecular flexibility index (Phi) is 5.43. The number of benzene rings is 2. The van der Waals surface area contributed by atoms with Gasteiger partial charge in [-0.1, -0.05) is 46.3 Å². The SMILES string of the molecule is COCCc1ccc(OCc2ccccc2Br)cc1. The normalized spacial score (nSPS) is 10.4. The lowest BCUT2D eigenvalue weighted by Gasteiger charge is -2.08. The zero-order valence-electron chi connectivity index (χ0n) is 10.9. The summed E-state index contributed by atoms with van der Waals surface area (Å²) in [6.45, 7) is 1.32. The van der Waals surface area contributed by atoms with E-state index >= 15 is 0 Å². The van der Waals surface area contributed by atoms with Gasteiger partial charge in [-0.25, -0.2) is 0 Å². The van der Waals surface area contributed by atoms with Crippen LogP contribution in [0.3, 0.4) is 0 Å². The molecule has 0 heterocycles. The molecule has 0 aliphatic heterocycles. The molecular formula is C16H17BrO2. The number of rotatable bonds is 6. The molecule has 0 atom stereocenters. The molecule has 0 aromatic heterocycles. The van der Waals surface area contributed by atoms with E-state index in [9.17, 15) is 0 Å². The maximum Gasteiger partial charge on any atom is 0.119 e. The minimum absolute atomic E-state index is 0.568. The summed E-state index contributed by atoms with van der Waals surface area (Å²) in [5, 5.41) is 0. The topological polar surface area (TPSA) is 18.5 Å². The van der Waals surface area contributed by atoms with Gasteiger partial charge in [0.25, 0.3) is 0 Å². The Morgan fingerprint density at radius 2 is 1.74 bits per heavy atom. The molecule has 0 saturated carbocycles. The van der Waals surface area contributed by atoms with Crippen molar-refractivity contribution < 1.29 is 9.47 Å². The molecule has 0 amide bonds. The van der Waals surface area contributed by atoms with E-state index in [0.717, 1.165) is 28.8 Å². The van der Waals surface area contributed by atoms with Gasteiger partial charge in [-0.05, 0) is 30.2 Å². The highest BCUT2D eigenvalue weighted by Gasteiger charge is 2.00. The first kappa shape index (κ1) is 14.1. The second-order valence-electron chi connectivity index (χ2n) is 4.27. The number of halogens is 1. The van der Waals surface area contributed by atoms with Gasteiger partial charge in [-0.3, -0.25) is 0 Å². The number of ether oxygens (including phenoxy) is 2. The molecule has 0 saturated heterocycles. The molecule has 0 unspecified atom stereocenters. The van der Waals surface area contributed by atoms with E-state index in [4.69, 9.17) is 9.47 Å². The first-order chi connectivity index (χ1) is 9.29. The lowest BCUT2D eigenvalue weighted by molar-refractivity contribution is 0.202. The average Bonchev–Trinajstić information content (AvgIpc) is 2.45. The maximum atomic E-state index is 5.77. The van der Waals surface area contributed by atoms with Crippen molar-refractivity contribution in [3.63, 3.8) is 0 Å². The summed E-state index contributed by atoms with van der Waals surface area (Å²) in [6, 6.07) is 16.2. The Balaban J connectivity index is 1.91. The minimum Gasteiger partial charge on any atom is -0.489 e. The molecule has 0 spiro atoms. The fourth-order valence-corrected chi connectivity index (χ4v) is 2.15. The summed E-state index contributed by atoms with van der Waals surface area (Å²) in [6.07, 6.45) is 0.932. The molecule has 2 aromatic rings. The zero-order valence-corrected chi connectivity index (χ0v) is 12.5. The van der Waals surface area contributed by atoms with Crippen molar-refractivity contribution in [2.45, 2.75) is 13.0 Å². The van der Waals surface area contributed by atoms with Gasteiger partial charge in [-0.15, -0.1) is 0 Å². The fraction of sp³-hybridized carbons (Fsp3) is 0.250. The molecule has 19 heavy (non-hydrogen) atoms. The molecule has 100 valence electrons. The maximum absolute atomic E-state index is 5.77. The van der Waals surface area contributed by atoms with Gasteiger partial charge in [0.15, 0.2) is 0 Å². The smallest absolute Gasteiger partial charge is 0.119 e. The summed E-state index contributed by atoms with van der Waals surface area (Å²) >= 11 is 3.52. The van der Waals surface area contributed by atoms with Gasteiger partial charge in [0.2, 0.25) is 0 Å². The Morgan fingerprint density at radius 1 is 1.00 bits per heavy atom. The van der Waals surface area contributed by atoms with Crippen LogP contribution in [-0.2, 0) is 17.8 Å². The quantitative estimate of drug-likeness (QED) is 0.793. The second kappa shape index (κ2) is 7.31. The predicted molar refractivity (Wildman–Crippen MR) is 80.5 cm³/mol. The average molecular weight is 321 g/mol. The number of hydrogen-bond acceptors (Lipinski definition) is 2. The zero-order chi connectivity index (χ0) is 13.5. The lowest BCUT2D eigenvalue weighted by Crippen LogP contribution is -1.97. The van der Waals surface area contributed by atoms with E-state index in [0.29, 0.717) is 6.61 Å². The van der Waals surface area contributed by atoms with Crippen molar-refractivity contribution in [3.05, 3.63) is 64.1 Å². The van der Waals surface area contributed by atoms with Gasteiger partial charge in [-0.2, -0.15) is 0 Å². The molecule has 0 fully saturated rings. The van der Waals surface area contributed by atoms with E-state index in [-0.39, 0.29) is 0 Å². The molecule has 3 heteroatoms. The highest BCUT2D eigenvalue weighted by molar-refractivity contribution is 9.10. The minimum atomic E-state index is 0.568. The summed E-state index contributed by atoms with van der Waals surface area (Å²) in [4.78, 5) is 0. The Bertz CT molecular complexity index is 508. The highest BCUT2D eigenvalue weighted by atomic mass is 79.9. The van der Waals surface area contributed by atoms with E-state index in [1.54, 1.807) is 7.11 Å². The second-order valence-corrected chi connectivity index (χ2v) is 5.12. The molecular weight excluding hydrogens is 304 g/mol. The Labute approximate surface area is 122 Å². The van der Waals surface area contributed by atoms with Crippen LogP contribution in [0.4, 0.5) is 0 Å². The Morgan fingerprint density at radius 3 is 2.42 bits per heavy atom. The highest BCUT2D eigenvalue weighted by Crippen LogP contribution is 2.19. The van der Waals surface area contributed by atoms with Crippen LogP contribution in [0.2, 0.25) is 0 Å². The van der Waals surface area contributed by atoms with E-state index in [1.165, 1.54) is 5.56 Å². The van der Waals surface area contributed by atoms with E-state index in [2.05, 4.69) is 34.1 Å². The van der Waals surface area contributed by atoms with E-state index < -0.39 is 0 Å². The van der Waals surface area contributed by atoms with E-state index in [1.807, 2.05) is 30.3 Å². The van der Waals surface area contributed by atoms with Gasteiger partial charge in [0.05, 0.1) is 6.61 Å². The molecule has 2 aromatic carbocycles. The van der Waals surface area contributed by atoms with Crippen molar-refractivity contribution >= 4 is 15.9 Å². The first-order valence-corrected chi connectivity index (χ1v) is 7.03. The Hall–Kier alpha value is -1.32. The van der Waals surface area contributed by atoms with Crippen molar-refractivity contribution in [1.82, 2.24) is 0 Å². The van der Waals surface area contributed by atoms with Crippen LogP contribution in [-0.4, -0.2) is 13.7 Å². The van der Waals surface area contributed by atoms with Crippen LogP contribution in [0, 0.1) is 0 Å². The lowest BCUT2D eigenvalue weighted by atomic mass is 10.1. The summed E-state index contributed by atoms with van der Waals surface area (Å²) in [7, 11) is 1.72. The van der Waals surface area contributed by atoms with Gasteiger partial charge in [0, 0.05) is 17.1 Å². The van der Waals surface area contributed by atoms with Crippen LogP contribution in [0.15, 0.2) is 53.0 Å². The van der Waals surface area contributed by atoms with Gasteiger partial charge in [0.1, 0.15) is 12.4 Å². The molecule has 0 N–H and O–H groups in total. The van der Waals surface area contributed by atoms with Crippen LogP contribution < -0.4 is 4.74 Å². The molecule has 0 aliphatic rings. The van der Waals surface area contributed by atoms with Gasteiger partial charge >= 0.3 is 0 Å². The van der Waals surface area contributed by atoms with Crippen molar-refractivity contribution in [3.8, 4) is 5.75 Å². The standard InChI is InChI=1S/C16H17BrO2/c1-18-11-10-13-6-8-15(9-7-13)19-12-14-4-2-3-5-16(14)17/h2-9H,10-12H2,1H3. The number of hydrogen-bond donors (Lipinski definition) is 0. The first-order valence-electron chi connectivity index (χ1n) is 6.23. The monoisotopic (exact) mass is 320 g/mol. The summed E-state index contributed by atoms with van der Waals surface area (Å²) in [5.74, 6) is 0.886. The molecule has 2 nitrogen and oxygen atoms in total. The third-order valence-electron chi connectivity index (χ3n) is 2.87. The van der Waals surface area contributed by atoms with Crippen molar-refractivity contribution in [2.75, 3.05) is 13.7 Å². The molecule has 2 rings (SSSR count). The van der Waals surface area contributed by atoms with Crippen LogP contribution >= 0.6 is 15.9 Å². The summed E-state index contributed by atoms with van der Waals surface area (Å²) < 4.78 is 11.9. The predicted octanol–water partition coefficient (Wildman–Crippen LogP) is 4.22. The number of methoxy groups -OCH3 is 1. The molecule has 0 bridgehead atoms. The molecule has 0 aliphatic carbocycles.